The van der Waals surface area contributed by atoms with Gasteiger partial charge < -0.3 is 29.3 Å². The van der Waals surface area contributed by atoms with Crippen LogP contribution in [0.4, 0.5) is 33.3 Å². The Morgan fingerprint density at radius 1 is 0.915 bits per heavy atom. The van der Waals surface area contributed by atoms with Crippen LogP contribution in [0.1, 0.15) is 39.1 Å². The fourth-order valence-corrected chi connectivity index (χ4v) is 7.48. The minimum atomic E-state index is -4.25. The Hall–Kier alpha value is -3.81. The van der Waals surface area contributed by atoms with Crippen molar-refractivity contribution in [1.29, 1.82) is 0 Å². The minimum absolute atomic E-state index is 0.00369. The van der Waals surface area contributed by atoms with Crippen LogP contribution in [0.3, 0.4) is 0 Å². The number of aromatic carboxylic acids is 1. The van der Waals surface area contributed by atoms with Crippen molar-refractivity contribution in [3.05, 3.63) is 75.0 Å². The third-order valence-corrected chi connectivity index (χ3v) is 9.75. The lowest BCUT2D eigenvalue weighted by Crippen LogP contribution is -2.46. The van der Waals surface area contributed by atoms with Crippen molar-refractivity contribution < 1.29 is 46.1 Å². The smallest absolute Gasteiger partial charge is 0.337 e. The van der Waals surface area contributed by atoms with E-state index in [-0.39, 0.29) is 57.8 Å². The molecule has 4 aliphatic heterocycles. The number of ether oxygens (including phenoxy) is 2. The lowest BCUT2D eigenvalue weighted by molar-refractivity contribution is -0.172. The van der Waals surface area contributed by atoms with E-state index in [9.17, 15) is 32.3 Å². The summed E-state index contributed by atoms with van der Waals surface area (Å²) in [4.78, 5) is 29.8. The maximum absolute atomic E-state index is 15.6. The van der Waals surface area contributed by atoms with Gasteiger partial charge in [0.2, 0.25) is 0 Å². The topological polar surface area (TPSA) is 82.5 Å². The molecule has 0 aliphatic carbocycles. The molecule has 0 radical (unpaired) electrons. The molecule has 47 heavy (non-hydrogen) atoms. The number of carbonyl (C=O) groups is 2. The molecule has 3 saturated heterocycles. The van der Waals surface area contributed by atoms with E-state index < -0.39 is 42.6 Å². The second kappa shape index (κ2) is 11.4. The zero-order valence-electron chi connectivity index (χ0n) is 24.4. The van der Waals surface area contributed by atoms with Crippen LogP contribution in [-0.4, -0.2) is 78.8 Å². The van der Waals surface area contributed by atoms with Crippen LogP contribution < -0.4 is 14.5 Å². The van der Waals surface area contributed by atoms with Gasteiger partial charge in [-0.05, 0) is 37.1 Å². The number of hydrogen-bond donors (Lipinski definition) is 1. The number of alkyl halides is 4. The Bertz CT molecular complexity index is 1760. The van der Waals surface area contributed by atoms with Gasteiger partial charge >= 0.3 is 17.8 Å². The number of rotatable bonds is 5. The number of carbonyl (C=O) groups excluding carboxylic acids is 1. The number of amides is 1. The van der Waals surface area contributed by atoms with E-state index in [1.807, 2.05) is 4.90 Å². The summed E-state index contributed by atoms with van der Waals surface area (Å²) in [6.45, 7) is -1.90. The zero-order valence-corrected chi connectivity index (χ0v) is 25.9. The molecule has 3 aromatic rings. The normalized spacial score (nSPS) is 22.7. The molecule has 8 nitrogen and oxygen atoms in total. The van der Waals surface area contributed by atoms with E-state index in [2.05, 4.69) is 0 Å². The van der Waals surface area contributed by atoms with Crippen molar-refractivity contribution in [2.75, 3.05) is 42.8 Å². The summed E-state index contributed by atoms with van der Waals surface area (Å²) >= 11 is 12.7. The average Bonchev–Trinajstić information content (AvgIpc) is 3.39. The molecule has 7 rings (SSSR count). The number of carboxylic acid groups (broad SMARTS) is 1. The van der Waals surface area contributed by atoms with Gasteiger partial charge in [0.05, 0.1) is 71.8 Å². The van der Waals surface area contributed by atoms with E-state index in [1.54, 1.807) is 18.2 Å². The summed E-state index contributed by atoms with van der Waals surface area (Å²) in [5, 5.41) is 9.48. The second-order valence-corrected chi connectivity index (χ2v) is 12.9. The van der Waals surface area contributed by atoms with Gasteiger partial charge in [0.15, 0.2) is 6.73 Å². The minimum Gasteiger partial charge on any atom is -0.478 e. The van der Waals surface area contributed by atoms with Gasteiger partial charge in [-0.25, -0.2) is 9.18 Å². The number of morpholine rings is 1. The van der Waals surface area contributed by atoms with Crippen LogP contribution in [0.2, 0.25) is 10.0 Å². The maximum Gasteiger partial charge on any atom is 0.337 e. The van der Waals surface area contributed by atoms with Gasteiger partial charge in [-0.3, -0.25) is 4.79 Å². The molecule has 15 heteroatoms. The first-order valence-electron chi connectivity index (χ1n) is 14.7. The van der Waals surface area contributed by atoms with Crippen molar-refractivity contribution in [3.8, 4) is 16.9 Å². The van der Waals surface area contributed by atoms with E-state index >= 15 is 4.39 Å². The fourth-order valence-electron chi connectivity index (χ4n) is 6.85. The first-order chi connectivity index (χ1) is 22.3. The Balaban J connectivity index is 1.17. The van der Waals surface area contributed by atoms with Crippen LogP contribution >= 0.6 is 23.2 Å². The van der Waals surface area contributed by atoms with Gasteiger partial charge in [0.25, 0.3) is 5.91 Å². The Kier molecular flexibility index (Phi) is 7.72. The summed E-state index contributed by atoms with van der Waals surface area (Å²) < 4.78 is 82.5. The number of benzene rings is 3. The summed E-state index contributed by atoms with van der Waals surface area (Å²) in [7, 11) is 0. The molecule has 4 heterocycles. The zero-order chi connectivity index (χ0) is 33.4. The van der Waals surface area contributed by atoms with E-state index in [1.165, 1.54) is 11.0 Å². The highest BCUT2D eigenvalue weighted by atomic mass is 35.5. The highest BCUT2D eigenvalue weighted by Gasteiger charge is 2.63. The molecule has 1 N–H and O–H groups in total. The molecule has 0 aromatic heterocycles. The van der Waals surface area contributed by atoms with Crippen LogP contribution in [0.5, 0.6) is 5.75 Å². The molecule has 3 aromatic carbocycles. The van der Waals surface area contributed by atoms with Crippen molar-refractivity contribution in [3.63, 3.8) is 0 Å². The summed E-state index contributed by atoms with van der Waals surface area (Å²) in [5.74, 6) is -10.9. The highest BCUT2D eigenvalue weighted by molar-refractivity contribution is 6.40. The van der Waals surface area contributed by atoms with E-state index in [4.69, 9.17) is 32.7 Å². The molecule has 0 saturated carbocycles. The van der Waals surface area contributed by atoms with Gasteiger partial charge in [-0.2, -0.15) is 17.6 Å². The van der Waals surface area contributed by atoms with Crippen LogP contribution in [0.15, 0.2) is 42.5 Å². The van der Waals surface area contributed by atoms with Gasteiger partial charge in [-0.1, -0.05) is 41.4 Å². The van der Waals surface area contributed by atoms with Gasteiger partial charge in [0.1, 0.15) is 11.6 Å². The van der Waals surface area contributed by atoms with Gasteiger partial charge in [-0.15, -0.1) is 0 Å². The number of halogens is 7. The predicted octanol–water partition coefficient (Wildman–Crippen LogP) is 6.95. The number of carboxylic acids is 1. The highest BCUT2D eigenvalue weighted by Crippen LogP contribution is 2.45. The molecule has 248 valence electrons. The second-order valence-electron chi connectivity index (χ2n) is 12.1. The number of nitrogens with zero attached hydrogens (tertiary/aromatic N) is 3. The van der Waals surface area contributed by atoms with Crippen LogP contribution in [-0.2, 0) is 11.3 Å². The predicted molar refractivity (Wildman–Crippen MR) is 163 cm³/mol. The monoisotopic (exact) mass is 697 g/mol. The standard InChI is InChI=1S/C32H26Cl2F5N3O5/c33-23-6-19(41-13-31(36,37)32(38,39)14-41)7-24(34)27(23)29(43)40-10-16-2-1-3-20(28(16)47-15-40)21-9-26(22(30(44)45)8-25(21)35)42-17-4-5-18(42)12-46-11-17/h1-3,6-9,17-18H,4-5,10-15H2,(H,44,45). The number of para-hydroxylation sites is 1. The summed E-state index contributed by atoms with van der Waals surface area (Å²) in [6, 6.07) is 9.73. The average molecular weight is 698 g/mol. The van der Waals surface area contributed by atoms with Gasteiger partial charge in [0, 0.05) is 22.4 Å². The van der Waals surface area contributed by atoms with Crippen LogP contribution in [0.25, 0.3) is 11.1 Å². The molecule has 4 aliphatic rings. The first kappa shape index (κ1) is 31.8. The Morgan fingerprint density at radius 2 is 1.55 bits per heavy atom. The molecular formula is C32H26Cl2F5N3O5. The molecule has 3 fully saturated rings. The molecule has 2 bridgehead atoms. The SMILES string of the molecule is O=C(O)c1cc(F)c(-c2cccc3c2OCN(C(=O)c2c(Cl)cc(N4CC(F)(F)C(F)(F)C4)cc2Cl)C3)cc1N1C2CCC1COC2. The van der Waals surface area contributed by atoms with Crippen molar-refractivity contribution >= 4 is 46.5 Å². The summed E-state index contributed by atoms with van der Waals surface area (Å²) in [5.41, 5.74) is 1.00. The lowest BCUT2D eigenvalue weighted by Gasteiger charge is -2.37. The number of hydrogen-bond acceptors (Lipinski definition) is 6. The molecule has 2 atom stereocenters. The maximum atomic E-state index is 15.6. The van der Waals surface area contributed by atoms with E-state index in [0.29, 0.717) is 35.8 Å². The van der Waals surface area contributed by atoms with Crippen molar-refractivity contribution in [2.24, 2.45) is 0 Å². The molecule has 2 unspecified atom stereocenters. The number of fused-ring (bicyclic) bond motifs is 3. The quantitative estimate of drug-likeness (QED) is 0.289. The van der Waals surface area contributed by atoms with E-state index in [0.717, 1.165) is 35.9 Å². The fraction of sp³-hybridized carbons (Fsp3) is 0.375. The third-order valence-electron chi connectivity index (χ3n) is 9.15. The number of anilines is 2. The molecule has 0 spiro atoms. The summed E-state index contributed by atoms with van der Waals surface area (Å²) in [6.07, 6.45) is 1.65. The Labute approximate surface area is 275 Å². The van der Waals surface area contributed by atoms with Crippen LogP contribution in [0, 0.1) is 5.82 Å². The van der Waals surface area contributed by atoms with Crippen molar-refractivity contribution in [2.45, 2.75) is 43.3 Å². The molecule has 1 amide bonds. The first-order valence-corrected chi connectivity index (χ1v) is 15.5. The van der Waals surface area contributed by atoms with Crippen molar-refractivity contribution in [1.82, 2.24) is 4.90 Å². The third kappa shape index (κ3) is 5.32. The molecular weight excluding hydrogens is 672 g/mol. The largest absolute Gasteiger partial charge is 0.478 e. The Morgan fingerprint density at radius 3 is 2.17 bits per heavy atom. The lowest BCUT2D eigenvalue weighted by atomic mass is 9.96.